The number of carbonyl (C=O) groups excluding carboxylic acids is 3. The number of carbonyl (C=O) groups is 3. The van der Waals surface area contributed by atoms with Gasteiger partial charge in [0.2, 0.25) is 11.8 Å². The van der Waals surface area contributed by atoms with Crippen molar-refractivity contribution in [1.82, 2.24) is 10.2 Å². The number of rotatable bonds is 18. The van der Waals surface area contributed by atoms with Crippen molar-refractivity contribution in [1.29, 1.82) is 0 Å². The Morgan fingerprint density at radius 2 is 1.37 bits per heavy atom. The van der Waals surface area contributed by atoms with Crippen LogP contribution in [0.3, 0.4) is 0 Å². The highest BCUT2D eigenvalue weighted by Crippen LogP contribution is 2.23. The third kappa shape index (κ3) is 11.0. The summed E-state index contributed by atoms with van der Waals surface area (Å²) in [5.41, 5.74) is 2.71. The van der Waals surface area contributed by atoms with Crippen LogP contribution in [0.5, 0.6) is 0 Å². The molecule has 0 saturated carbocycles. The zero-order chi connectivity index (χ0) is 30.9. The van der Waals surface area contributed by atoms with Gasteiger partial charge in [0.15, 0.2) is 0 Å². The van der Waals surface area contributed by atoms with Crippen LogP contribution in [0.4, 0.5) is 0 Å². The average molecular weight is 583 g/mol. The first-order valence-corrected chi connectivity index (χ1v) is 14.7. The minimum absolute atomic E-state index is 0.0427. The molecule has 0 radical (unpaired) electrons. The largest absolute Gasteiger partial charge is 0.455 e. The molecule has 0 aliphatic carbocycles. The van der Waals surface area contributed by atoms with Gasteiger partial charge in [-0.05, 0) is 36.0 Å². The Hall–Kier alpha value is -4.49. The first-order valence-electron chi connectivity index (χ1n) is 14.7. The lowest BCUT2D eigenvalue weighted by Crippen LogP contribution is -2.39. The van der Waals surface area contributed by atoms with E-state index >= 15 is 0 Å². The van der Waals surface area contributed by atoms with Crippen molar-refractivity contribution in [2.45, 2.75) is 38.3 Å². The topological polar surface area (TPSA) is 95.9 Å². The van der Waals surface area contributed by atoms with Gasteiger partial charge < -0.3 is 20.1 Å². The highest BCUT2D eigenvalue weighted by molar-refractivity contribution is 5.86. The van der Waals surface area contributed by atoms with Crippen molar-refractivity contribution in [2.24, 2.45) is 11.8 Å². The number of nitrogens with one attached hydrogen (secondary N) is 1. The zero-order valence-corrected chi connectivity index (χ0v) is 24.6. The number of aliphatic hydroxyl groups excluding tert-OH is 1. The van der Waals surface area contributed by atoms with Crippen LogP contribution in [0.25, 0.3) is 0 Å². The number of esters is 1. The van der Waals surface area contributed by atoms with Crippen LogP contribution in [0.2, 0.25) is 0 Å². The maximum atomic E-state index is 13.4. The van der Waals surface area contributed by atoms with Gasteiger partial charge in [-0.15, -0.1) is 13.2 Å². The quantitative estimate of drug-likeness (QED) is 0.154. The molecule has 2 amide bonds. The molecule has 0 aliphatic heterocycles. The molecule has 3 aromatic carbocycles. The molecule has 0 unspecified atom stereocenters. The molecule has 0 bridgehead atoms. The molecule has 226 valence electrons. The summed E-state index contributed by atoms with van der Waals surface area (Å²) in [7, 11) is 0. The van der Waals surface area contributed by atoms with E-state index in [1.165, 1.54) is 0 Å². The summed E-state index contributed by atoms with van der Waals surface area (Å²) >= 11 is 0. The van der Waals surface area contributed by atoms with E-state index in [4.69, 9.17) is 4.74 Å². The van der Waals surface area contributed by atoms with Crippen LogP contribution in [-0.4, -0.2) is 47.5 Å². The van der Waals surface area contributed by atoms with Gasteiger partial charge >= 0.3 is 5.97 Å². The molecule has 7 nitrogen and oxygen atoms in total. The number of ether oxygens (including phenoxy) is 1. The Labute approximate surface area is 254 Å². The van der Waals surface area contributed by atoms with Gasteiger partial charge in [-0.3, -0.25) is 14.4 Å². The van der Waals surface area contributed by atoms with Crippen LogP contribution in [-0.2, 0) is 32.1 Å². The number of aliphatic hydroxyl groups is 1. The van der Waals surface area contributed by atoms with E-state index in [9.17, 15) is 19.5 Å². The van der Waals surface area contributed by atoms with Gasteiger partial charge in [0.1, 0.15) is 6.10 Å². The van der Waals surface area contributed by atoms with Gasteiger partial charge in [0, 0.05) is 19.5 Å². The summed E-state index contributed by atoms with van der Waals surface area (Å²) in [6.07, 6.45) is 3.83. The summed E-state index contributed by atoms with van der Waals surface area (Å²) in [6.45, 7) is 7.95. The van der Waals surface area contributed by atoms with Crippen molar-refractivity contribution >= 4 is 17.8 Å². The summed E-state index contributed by atoms with van der Waals surface area (Å²) in [5.74, 6) is -2.03. The fourth-order valence-electron chi connectivity index (χ4n) is 4.87. The van der Waals surface area contributed by atoms with E-state index in [-0.39, 0.29) is 43.9 Å². The molecule has 43 heavy (non-hydrogen) atoms. The summed E-state index contributed by atoms with van der Waals surface area (Å²) in [6, 6.07) is 28.5. The highest BCUT2D eigenvalue weighted by Gasteiger charge is 2.27. The number of amides is 2. The molecule has 0 heterocycles. The maximum absolute atomic E-state index is 13.4. The van der Waals surface area contributed by atoms with E-state index in [0.717, 1.165) is 16.7 Å². The fourth-order valence-corrected chi connectivity index (χ4v) is 4.87. The minimum Gasteiger partial charge on any atom is -0.455 e. The van der Waals surface area contributed by atoms with Crippen LogP contribution >= 0.6 is 0 Å². The lowest BCUT2D eigenvalue weighted by atomic mass is 9.96. The number of hydrogen-bond donors (Lipinski definition) is 2. The smallest absolute Gasteiger partial charge is 0.310 e. The SMILES string of the molecule is C=CC[C@H](CC(=O)N(CCO)Cc1ccccc1)C(=O)NC[C@H](OC(=O)[C@@H](CC=C)Cc1ccccc1)c1ccccc1. The van der Waals surface area contributed by atoms with E-state index in [1.54, 1.807) is 17.1 Å². The van der Waals surface area contributed by atoms with Crippen molar-refractivity contribution in [3.8, 4) is 0 Å². The molecule has 2 N–H and O–H groups in total. The van der Waals surface area contributed by atoms with Crippen LogP contribution in [0, 0.1) is 11.8 Å². The molecule has 3 atom stereocenters. The molecule has 0 saturated heterocycles. The number of hydrogen-bond acceptors (Lipinski definition) is 5. The normalized spacial score (nSPS) is 12.8. The monoisotopic (exact) mass is 582 g/mol. The van der Waals surface area contributed by atoms with E-state index in [1.807, 2.05) is 91.0 Å². The minimum atomic E-state index is -0.718. The molecular formula is C36H42N2O5. The predicted octanol–water partition coefficient (Wildman–Crippen LogP) is 5.43. The Morgan fingerprint density at radius 1 is 0.814 bits per heavy atom. The summed E-state index contributed by atoms with van der Waals surface area (Å²) in [5, 5.41) is 12.5. The van der Waals surface area contributed by atoms with Crippen LogP contribution in [0.15, 0.2) is 116 Å². The number of benzene rings is 3. The van der Waals surface area contributed by atoms with Crippen LogP contribution in [0.1, 0.15) is 42.1 Å². The highest BCUT2D eigenvalue weighted by atomic mass is 16.5. The van der Waals surface area contributed by atoms with Gasteiger partial charge in [-0.2, -0.15) is 0 Å². The van der Waals surface area contributed by atoms with Crippen molar-refractivity contribution in [3.63, 3.8) is 0 Å². The van der Waals surface area contributed by atoms with Crippen molar-refractivity contribution in [3.05, 3.63) is 133 Å². The van der Waals surface area contributed by atoms with Crippen molar-refractivity contribution < 1.29 is 24.2 Å². The summed E-state index contributed by atoms with van der Waals surface area (Å²) < 4.78 is 6.01. The first-order chi connectivity index (χ1) is 20.9. The third-order valence-electron chi connectivity index (χ3n) is 7.18. The molecule has 3 rings (SSSR count). The van der Waals surface area contributed by atoms with Gasteiger partial charge in [0.05, 0.1) is 25.0 Å². The summed E-state index contributed by atoms with van der Waals surface area (Å²) in [4.78, 5) is 41.5. The van der Waals surface area contributed by atoms with Crippen LogP contribution < -0.4 is 5.32 Å². The molecule has 0 spiro atoms. The fraction of sp³-hybridized carbons (Fsp3) is 0.306. The van der Waals surface area contributed by atoms with E-state index in [0.29, 0.717) is 25.8 Å². The Bertz CT molecular complexity index is 1300. The van der Waals surface area contributed by atoms with Gasteiger partial charge in [-0.1, -0.05) is 103 Å². The maximum Gasteiger partial charge on any atom is 0.310 e. The average Bonchev–Trinajstić information content (AvgIpc) is 3.03. The lowest BCUT2D eigenvalue weighted by molar-refractivity contribution is -0.154. The molecule has 0 aromatic heterocycles. The lowest BCUT2D eigenvalue weighted by Gasteiger charge is -2.25. The third-order valence-corrected chi connectivity index (χ3v) is 7.18. The van der Waals surface area contributed by atoms with Gasteiger partial charge in [0.25, 0.3) is 0 Å². The Morgan fingerprint density at radius 3 is 1.95 bits per heavy atom. The molecule has 3 aromatic rings. The number of allylic oxidation sites excluding steroid dienone is 2. The molecular weight excluding hydrogens is 540 g/mol. The Kier molecular flexibility index (Phi) is 13.9. The molecule has 7 heteroatoms. The predicted molar refractivity (Wildman–Crippen MR) is 169 cm³/mol. The second kappa shape index (κ2) is 18.1. The second-order valence-corrected chi connectivity index (χ2v) is 10.4. The number of nitrogens with zero attached hydrogens (tertiary/aromatic N) is 1. The standard InChI is InChI=1S/C36H42N2O5/c1-3-14-31(25-34(40)38(22-23-39)27-29-18-10-6-11-19-29)35(41)37-26-33(30-20-12-7-13-21-30)43-36(42)32(15-4-2)24-28-16-8-5-9-17-28/h3-13,16-21,31-33,39H,1-2,14-15,22-27H2,(H,37,41)/t31-,32+,33+/m1/s1. The Balaban J connectivity index is 1.69. The first kappa shape index (κ1) is 33.0. The zero-order valence-electron chi connectivity index (χ0n) is 24.6. The molecule has 0 aliphatic rings. The molecule has 0 fully saturated rings. The van der Waals surface area contributed by atoms with Crippen molar-refractivity contribution in [2.75, 3.05) is 19.7 Å². The van der Waals surface area contributed by atoms with E-state index < -0.39 is 17.9 Å². The van der Waals surface area contributed by atoms with E-state index in [2.05, 4.69) is 18.5 Å². The second-order valence-electron chi connectivity index (χ2n) is 10.4. The van der Waals surface area contributed by atoms with Gasteiger partial charge in [-0.25, -0.2) is 0 Å².